The van der Waals surface area contributed by atoms with Crippen LogP contribution in [0.5, 0.6) is 0 Å². The molecule has 1 atom stereocenters. The van der Waals surface area contributed by atoms with Gasteiger partial charge in [-0.3, -0.25) is 0 Å². The third kappa shape index (κ3) is 1.55. The zero-order valence-electron chi connectivity index (χ0n) is 5.62. The van der Waals surface area contributed by atoms with Gasteiger partial charge >= 0.3 is 5.97 Å². The van der Waals surface area contributed by atoms with Crippen LogP contribution < -0.4 is 0 Å². The van der Waals surface area contributed by atoms with Crippen molar-refractivity contribution in [3.8, 4) is 0 Å². The lowest BCUT2D eigenvalue weighted by Crippen LogP contribution is -2.35. The van der Waals surface area contributed by atoms with Crippen molar-refractivity contribution in [1.82, 2.24) is 0 Å². The highest BCUT2D eigenvalue weighted by Crippen LogP contribution is 2.09. The number of ether oxygens (including phenoxy) is 1. The third-order valence-corrected chi connectivity index (χ3v) is 0.966. The quantitative estimate of drug-likeness (QED) is 0.319. The summed E-state index contributed by atoms with van der Waals surface area (Å²) < 4.78 is 4.66. The van der Waals surface area contributed by atoms with Crippen molar-refractivity contribution >= 4 is 5.97 Å². The highest BCUT2D eigenvalue weighted by molar-refractivity contribution is 5.87. The maximum atomic E-state index is 10.7. The maximum absolute atomic E-state index is 10.7. The van der Waals surface area contributed by atoms with Crippen LogP contribution in [0, 0.1) is 0 Å². The van der Waals surface area contributed by atoms with E-state index in [9.17, 15) is 4.79 Å². The van der Waals surface area contributed by atoms with Crippen LogP contribution in [0.25, 0.3) is 0 Å². The normalized spacial score (nSPS) is 23.1. The molecule has 1 fully saturated rings. The molecule has 4 heteroatoms. The van der Waals surface area contributed by atoms with Crippen molar-refractivity contribution in [2.75, 3.05) is 6.61 Å². The molecule has 10 heavy (non-hydrogen) atoms. The molecule has 56 valence electrons. The smallest absolute Gasteiger partial charge is 0.335 e. The Balaban J connectivity index is 2.23. The standard InChI is InChI=1S/C6H8O4/c1-4(2)6(7)9-5-3-8-10-5/h5H,1,3H2,2H3. The second-order valence-electron chi connectivity index (χ2n) is 2.00. The van der Waals surface area contributed by atoms with Crippen LogP contribution in [-0.4, -0.2) is 18.9 Å². The summed E-state index contributed by atoms with van der Waals surface area (Å²) in [6, 6.07) is 0. The lowest BCUT2D eigenvalue weighted by molar-refractivity contribution is -0.472. The molecule has 0 N–H and O–H groups in total. The number of hydrogen-bond donors (Lipinski definition) is 0. The Morgan fingerprint density at radius 1 is 1.80 bits per heavy atom. The van der Waals surface area contributed by atoms with Crippen LogP contribution in [0.3, 0.4) is 0 Å². The Hall–Kier alpha value is -0.870. The molecule has 1 unspecified atom stereocenters. The Bertz CT molecular complexity index is 159. The van der Waals surface area contributed by atoms with Crippen molar-refractivity contribution in [1.29, 1.82) is 0 Å². The van der Waals surface area contributed by atoms with Crippen molar-refractivity contribution in [3.05, 3.63) is 12.2 Å². The van der Waals surface area contributed by atoms with Crippen LogP contribution in [0.1, 0.15) is 6.92 Å². The minimum Gasteiger partial charge on any atom is -0.427 e. The number of carbonyl (C=O) groups is 1. The molecule has 1 aliphatic heterocycles. The Morgan fingerprint density at radius 3 is 2.70 bits per heavy atom. The third-order valence-electron chi connectivity index (χ3n) is 0.966. The summed E-state index contributed by atoms with van der Waals surface area (Å²) >= 11 is 0. The van der Waals surface area contributed by atoms with Gasteiger partial charge in [0.25, 0.3) is 6.29 Å². The monoisotopic (exact) mass is 144 g/mol. The van der Waals surface area contributed by atoms with Crippen LogP contribution in [0.4, 0.5) is 0 Å². The molecule has 0 radical (unpaired) electrons. The number of carbonyl (C=O) groups excluding carboxylic acids is 1. The highest BCUT2D eigenvalue weighted by atomic mass is 17.3. The van der Waals surface area contributed by atoms with Gasteiger partial charge in [0.2, 0.25) is 0 Å². The van der Waals surface area contributed by atoms with E-state index >= 15 is 0 Å². The van der Waals surface area contributed by atoms with E-state index in [0.717, 1.165) is 0 Å². The summed E-state index contributed by atoms with van der Waals surface area (Å²) in [5, 5.41) is 0. The first-order chi connectivity index (χ1) is 4.70. The first-order valence-corrected chi connectivity index (χ1v) is 2.85. The van der Waals surface area contributed by atoms with E-state index in [0.29, 0.717) is 12.2 Å². The van der Waals surface area contributed by atoms with Crippen molar-refractivity contribution in [3.63, 3.8) is 0 Å². The van der Waals surface area contributed by atoms with E-state index in [1.807, 2.05) is 0 Å². The fourth-order valence-electron chi connectivity index (χ4n) is 0.397. The fourth-order valence-corrected chi connectivity index (χ4v) is 0.397. The number of esters is 1. The lowest BCUT2D eigenvalue weighted by Gasteiger charge is -2.23. The molecule has 0 saturated carbocycles. The second kappa shape index (κ2) is 2.81. The van der Waals surface area contributed by atoms with Gasteiger partial charge in [0.05, 0.1) is 0 Å². The van der Waals surface area contributed by atoms with Gasteiger partial charge in [-0.1, -0.05) is 6.58 Å². The molecule has 0 amide bonds. The van der Waals surface area contributed by atoms with Gasteiger partial charge in [0.15, 0.2) is 0 Å². The van der Waals surface area contributed by atoms with Gasteiger partial charge in [-0.2, -0.15) is 4.89 Å². The molecule has 0 aliphatic carbocycles. The largest absolute Gasteiger partial charge is 0.427 e. The molecule has 1 heterocycles. The molecule has 4 nitrogen and oxygen atoms in total. The summed E-state index contributed by atoms with van der Waals surface area (Å²) in [6.07, 6.45) is -0.538. The SMILES string of the molecule is C=C(C)C(=O)OC1COO1. The molecule has 0 aromatic carbocycles. The predicted octanol–water partition coefficient (Wildman–Crippen LogP) is 0.394. The molecule has 0 aromatic rings. The summed E-state index contributed by atoms with van der Waals surface area (Å²) in [5.41, 5.74) is 0.357. The van der Waals surface area contributed by atoms with Crippen molar-refractivity contribution in [2.24, 2.45) is 0 Å². The van der Waals surface area contributed by atoms with Gasteiger partial charge in [0.1, 0.15) is 6.61 Å². The Morgan fingerprint density at radius 2 is 2.40 bits per heavy atom. The van der Waals surface area contributed by atoms with Crippen LogP contribution >= 0.6 is 0 Å². The van der Waals surface area contributed by atoms with E-state index in [1.54, 1.807) is 6.92 Å². The molecular weight excluding hydrogens is 136 g/mol. The van der Waals surface area contributed by atoms with E-state index in [1.165, 1.54) is 0 Å². The van der Waals surface area contributed by atoms with Gasteiger partial charge in [-0.25, -0.2) is 9.68 Å². The van der Waals surface area contributed by atoms with Gasteiger partial charge in [-0.05, 0) is 6.92 Å². The Kier molecular flexibility index (Phi) is 2.03. The minimum absolute atomic E-state index is 0.305. The zero-order chi connectivity index (χ0) is 7.56. The Labute approximate surface area is 58.3 Å². The fraction of sp³-hybridized carbons (Fsp3) is 0.500. The highest BCUT2D eigenvalue weighted by Gasteiger charge is 2.24. The van der Waals surface area contributed by atoms with Gasteiger partial charge in [-0.15, -0.1) is 0 Å². The molecule has 0 spiro atoms. The summed E-state index contributed by atoms with van der Waals surface area (Å²) in [7, 11) is 0. The predicted molar refractivity (Wildman–Crippen MR) is 31.7 cm³/mol. The second-order valence-corrected chi connectivity index (χ2v) is 2.00. The van der Waals surface area contributed by atoms with Gasteiger partial charge in [0, 0.05) is 5.57 Å². The first-order valence-electron chi connectivity index (χ1n) is 2.85. The molecule has 0 bridgehead atoms. The van der Waals surface area contributed by atoms with Crippen molar-refractivity contribution < 1.29 is 19.3 Å². The van der Waals surface area contributed by atoms with Crippen LogP contribution in [-0.2, 0) is 19.3 Å². The number of rotatable bonds is 2. The maximum Gasteiger partial charge on any atom is 0.335 e. The molecule has 1 aliphatic rings. The summed E-state index contributed by atoms with van der Waals surface area (Å²) in [5.74, 6) is -0.451. The van der Waals surface area contributed by atoms with Crippen molar-refractivity contribution in [2.45, 2.75) is 13.2 Å². The van der Waals surface area contributed by atoms with E-state index in [2.05, 4.69) is 21.1 Å². The lowest BCUT2D eigenvalue weighted by atomic mass is 10.4. The van der Waals surface area contributed by atoms with E-state index < -0.39 is 12.3 Å². The summed E-state index contributed by atoms with van der Waals surface area (Å²) in [6.45, 7) is 5.27. The van der Waals surface area contributed by atoms with E-state index in [-0.39, 0.29) is 0 Å². The van der Waals surface area contributed by atoms with Gasteiger partial charge < -0.3 is 4.74 Å². The minimum atomic E-state index is -0.538. The van der Waals surface area contributed by atoms with E-state index in [4.69, 9.17) is 0 Å². The molecule has 0 aromatic heterocycles. The zero-order valence-corrected chi connectivity index (χ0v) is 5.62. The van der Waals surface area contributed by atoms with Crippen LogP contribution in [0.2, 0.25) is 0 Å². The topological polar surface area (TPSA) is 44.8 Å². The molecule has 1 rings (SSSR count). The molecule has 1 saturated heterocycles. The van der Waals surface area contributed by atoms with Crippen LogP contribution in [0.15, 0.2) is 12.2 Å². The number of hydrogen-bond acceptors (Lipinski definition) is 4. The molecular formula is C6H8O4. The average Bonchev–Trinajstić information content (AvgIpc) is 1.77. The summed E-state index contributed by atoms with van der Waals surface area (Å²) in [4.78, 5) is 19.4. The average molecular weight is 144 g/mol. The first kappa shape index (κ1) is 7.24.